The van der Waals surface area contributed by atoms with Crippen molar-refractivity contribution in [1.29, 1.82) is 0 Å². The first-order valence-corrected chi connectivity index (χ1v) is 11.4. The summed E-state index contributed by atoms with van der Waals surface area (Å²) in [5.74, 6) is -0.745. The minimum atomic E-state index is -0.523. The van der Waals surface area contributed by atoms with Crippen LogP contribution < -0.4 is 11.1 Å². The largest absolute Gasteiger partial charge is 0.366 e. The molecule has 1 atom stereocenters. The third-order valence-electron chi connectivity index (χ3n) is 6.79. The molecule has 1 aliphatic heterocycles. The van der Waals surface area contributed by atoms with Gasteiger partial charge in [0.15, 0.2) is 0 Å². The van der Waals surface area contributed by atoms with Gasteiger partial charge in [-0.25, -0.2) is 0 Å². The fraction of sp³-hybridized carbons (Fsp3) is 0.423. The van der Waals surface area contributed by atoms with Gasteiger partial charge in [-0.1, -0.05) is 51.3 Å². The Hall–Kier alpha value is -3.15. The molecule has 6 heteroatoms. The van der Waals surface area contributed by atoms with Crippen LogP contribution in [0.2, 0.25) is 0 Å². The number of carbonyl (C=O) groups excluding carboxylic acids is 3. The zero-order valence-electron chi connectivity index (χ0n) is 18.8. The van der Waals surface area contributed by atoms with E-state index in [4.69, 9.17) is 5.73 Å². The number of carbonyl (C=O) groups is 3. The fourth-order valence-electron chi connectivity index (χ4n) is 5.41. The molecule has 2 aliphatic rings. The summed E-state index contributed by atoms with van der Waals surface area (Å²) in [5.41, 5.74) is 7.24. The summed E-state index contributed by atoms with van der Waals surface area (Å²) >= 11 is 0. The topological polar surface area (TPSA) is 92.5 Å². The van der Waals surface area contributed by atoms with Crippen LogP contribution in [0, 0.1) is 5.92 Å². The SMILES string of the molecule is CC(C)CN1C(=O)c2ccccc2[C@@H](C(=O)Nc2ccc(C(N)=O)cc2)C12CCCCC2. The van der Waals surface area contributed by atoms with Crippen LogP contribution in [0.15, 0.2) is 48.5 Å². The van der Waals surface area contributed by atoms with Crippen molar-refractivity contribution in [2.24, 2.45) is 11.7 Å². The molecule has 1 spiro atoms. The van der Waals surface area contributed by atoms with Crippen LogP contribution in [-0.2, 0) is 4.79 Å². The molecule has 1 heterocycles. The van der Waals surface area contributed by atoms with Crippen LogP contribution >= 0.6 is 0 Å². The van der Waals surface area contributed by atoms with E-state index in [-0.39, 0.29) is 11.8 Å². The molecule has 0 unspecified atom stereocenters. The Morgan fingerprint density at radius 1 is 1.06 bits per heavy atom. The van der Waals surface area contributed by atoms with Crippen molar-refractivity contribution in [3.05, 3.63) is 65.2 Å². The fourth-order valence-corrected chi connectivity index (χ4v) is 5.41. The zero-order valence-corrected chi connectivity index (χ0v) is 18.8. The highest BCUT2D eigenvalue weighted by atomic mass is 16.2. The Bertz CT molecular complexity index is 1020. The molecular formula is C26H31N3O3. The highest BCUT2D eigenvalue weighted by Crippen LogP contribution is 2.49. The van der Waals surface area contributed by atoms with E-state index in [9.17, 15) is 14.4 Å². The molecule has 0 bridgehead atoms. The van der Waals surface area contributed by atoms with Crippen molar-refractivity contribution in [2.45, 2.75) is 57.4 Å². The van der Waals surface area contributed by atoms with Gasteiger partial charge in [-0.15, -0.1) is 0 Å². The number of benzene rings is 2. The van der Waals surface area contributed by atoms with Crippen LogP contribution in [-0.4, -0.2) is 34.7 Å². The summed E-state index contributed by atoms with van der Waals surface area (Å²) in [5, 5.41) is 3.05. The Morgan fingerprint density at radius 2 is 1.72 bits per heavy atom. The molecule has 2 aromatic rings. The smallest absolute Gasteiger partial charge is 0.254 e. The lowest BCUT2D eigenvalue weighted by Gasteiger charge is -2.54. The maximum Gasteiger partial charge on any atom is 0.254 e. The van der Waals surface area contributed by atoms with Gasteiger partial charge in [0.25, 0.3) is 5.91 Å². The number of nitrogens with zero attached hydrogens (tertiary/aromatic N) is 1. The lowest BCUT2D eigenvalue weighted by molar-refractivity contribution is -0.122. The number of hydrogen-bond donors (Lipinski definition) is 2. The maximum atomic E-state index is 13.8. The van der Waals surface area contributed by atoms with Crippen LogP contribution in [0.5, 0.6) is 0 Å². The van der Waals surface area contributed by atoms with Gasteiger partial charge in [0.2, 0.25) is 11.8 Å². The van der Waals surface area contributed by atoms with Gasteiger partial charge < -0.3 is 16.0 Å². The van der Waals surface area contributed by atoms with Gasteiger partial charge in [-0.2, -0.15) is 0 Å². The van der Waals surface area contributed by atoms with Gasteiger partial charge in [0, 0.05) is 23.4 Å². The van der Waals surface area contributed by atoms with E-state index in [2.05, 4.69) is 19.2 Å². The minimum Gasteiger partial charge on any atom is -0.366 e. The molecular weight excluding hydrogens is 402 g/mol. The molecule has 3 amide bonds. The molecule has 168 valence electrons. The normalized spacial score (nSPS) is 19.7. The van der Waals surface area contributed by atoms with Crippen molar-refractivity contribution >= 4 is 23.4 Å². The zero-order chi connectivity index (χ0) is 22.9. The highest BCUT2D eigenvalue weighted by Gasteiger charge is 2.54. The monoisotopic (exact) mass is 433 g/mol. The maximum absolute atomic E-state index is 13.8. The molecule has 0 radical (unpaired) electrons. The lowest BCUT2D eigenvalue weighted by Crippen LogP contribution is -2.62. The van der Waals surface area contributed by atoms with Gasteiger partial charge >= 0.3 is 0 Å². The van der Waals surface area contributed by atoms with Gasteiger partial charge in [0.05, 0.1) is 11.5 Å². The summed E-state index contributed by atoms with van der Waals surface area (Å²) in [4.78, 5) is 40.8. The molecule has 0 saturated heterocycles. The number of nitrogens with two attached hydrogens (primary N) is 1. The quantitative estimate of drug-likeness (QED) is 0.735. The number of rotatable bonds is 5. The standard InChI is InChI=1S/C26H31N3O3/c1-17(2)16-29-25(32)21-9-5-4-8-20(21)22(26(29)14-6-3-7-15-26)24(31)28-19-12-10-18(11-13-19)23(27)30/h4-5,8-13,17,22H,3,6-7,14-16H2,1-2H3,(H2,27,30)(H,28,31)/t22-/m0/s1. The predicted molar refractivity (Wildman–Crippen MR) is 124 cm³/mol. The second kappa shape index (κ2) is 8.77. The van der Waals surface area contributed by atoms with Crippen LogP contribution in [0.1, 0.15) is 78.1 Å². The van der Waals surface area contributed by atoms with Gasteiger partial charge in [-0.3, -0.25) is 14.4 Å². The first-order chi connectivity index (χ1) is 15.3. The number of hydrogen-bond acceptors (Lipinski definition) is 3. The molecule has 1 fully saturated rings. The highest BCUT2D eigenvalue weighted by molar-refractivity contribution is 6.05. The minimum absolute atomic E-state index is 0.0334. The third kappa shape index (κ3) is 3.90. The Balaban J connectivity index is 1.77. The van der Waals surface area contributed by atoms with Crippen molar-refractivity contribution in [2.75, 3.05) is 11.9 Å². The van der Waals surface area contributed by atoms with E-state index in [0.29, 0.717) is 29.3 Å². The second-order valence-corrected chi connectivity index (χ2v) is 9.42. The average molecular weight is 434 g/mol. The Labute approximate surface area is 189 Å². The summed E-state index contributed by atoms with van der Waals surface area (Å²) in [7, 11) is 0. The lowest BCUT2D eigenvalue weighted by atomic mass is 9.65. The summed E-state index contributed by atoms with van der Waals surface area (Å²) < 4.78 is 0. The van der Waals surface area contributed by atoms with Crippen molar-refractivity contribution < 1.29 is 14.4 Å². The van der Waals surface area contributed by atoms with Crippen LogP contribution in [0.25, 0.3) is 0 Å². The predicted octanol–water partition coefficient (Wildman–Crippen LogP) is 4.32. The first-order valence-electron chi connectivity index (χ1n) is 11.4. The third-order valence-corrected chi connectivity index (χ3v) is 6.79. The number of nitrogens with one attached hydrogen (secondary N) is 1. The first kappa shape index (κ1) is 22.1. The number of primary amides is 1. The summed E-state index contributed by atoms with van der Waals surface area (Å²) in [6.45, 7) is 4.85. The van der Waals surface area contributed by atoms with E-state index < -0.39 is 17.4 Å². The van der Waals surface area contributed by atoms with Gasteiger partial charge in [-0.05, 0) is 54.7 Å². The molecule has 2 aromatic carbocycles. The summed E-state index contributed by atoms with van der Waals surface area (Å²) in [6.07, 6.45) is 4.76. The Kier molecular flexibility index (Phi) is 6.04. The Morgan fingerprint density at radius 3 is 2.34 bits per heavy atom. The summed E-state index contributed by atoms with van der Waals surface area (Å²) in [6, 6.07) is 14.1. The second-order valence-electron chi connectivity index (χ2n) is 9.42. The number of amides is 3. The molecule has 4 rings (SSSR count). The molecule has 1 aliphatic carbocycles. The van der Waals surface area contributed by atoms with Crippen molar-refractivity contribution in [3.8, 4) is 0 Å². The van der Waals surface area contributed by atoms with E-state index in [1.54, 1.807) is 24.3 Å². The molecule has 32 heavy (non-hydrogen) atoms. The number of anilines is 1. The van der Waals surface area contributed by atoms with E-state index in [1.165, 1.54) is 0 Å². The van der Waals surface area contributed by atoms with Crippen LogP contribution in [0.3, 0.4) is 0 Å². The number of fused-ring (bicyclic) bond motifs is 1. The molecule has 6 nitrogen and oxygen atoms in total. The van der Waals surface area contributed by atoms with E-state index in [1.807, 2.05) is 29.2 Å². The molecule has 1 saturated carbocycles. The van der Waals surface area contributed by atoms with Crippen molar-refractivity contribution in [3.63, 3.8) is 0 Å². The molecule has 3 N–H and O–H groups in total. The van der Waals surface area contributed by atoms with E-state index in [0.717, 1.165) is 37.7 Å². The van der Waals surface area contributed by atoms with E-state index >= 15 is 0 Å². The average Bonchev–Trinajstić information content (AvgIpc) is 2.78. The van der Waals surface area contributed by atoms with Crippen LogP contribution in [0.4, 0.5) is 5.69 Å². The van der Waals surface area contributed by atoms with Gasteiger partial charge in [0.1, 0.15) is 0 Å². The van der Waals surface area contributed by atoms with Crippen molar-refractivity contribution in [1.82, 2.24) is 4.90 Å². The molecule has 0 aromatic heterocycles.